The highest BCUT2D eigenvalue weighted by atomic mass is 14.1. The molecule has 0 spiro atoms. The van der Waals surface area contributed by atoms with E-state index >= 15 is 0 Å². The molecule has 0 saturated heterocycles. The monoisotopic (exact) mass is 528 g/mol. The van der Waals surface area contributed by atoms with Gasteiger partial charge in [-0.25, -0.2) is 0 Å². The maximum atomic E-state index is 2.31. The van der Waals surface area contributed by atoms with Crippen LogP contribution in [0, 0.1) is 41.5 Å². The van der Waals surface area contributed by atoms with Crippen LogP contribution in [-0.4, -0.2) is 0 Å². The van der Waals surface area contributed by atoms with Gasteiger partial charge < -0.3 is 0 Å². The number of aryl methyl sites for hydroxylation is 6. The van der Waals surface area contributed by atoms with E-state index in [4.69, 9.17) is 0 Å². The Hall–Kier alpha value is -3.90. The Labute approximate surface area is 244 Å². The summed E-state index contributed by atoms with van der Waals surface area (Å²) >= 11 is 0. The largest absolute Gasteiger partial charge is 0.0683 e. The molecule has 0 unspecified atom stereocenters. The molecule has 5 rings (SSSR count). The van der Waals surface area contributed by atoms with Gasteiger partial charge in [0, 0.05) is 0 Å². The van der Waals surface area contributed by atoms with Crippen molar-refractivity contribution in [3.63, 3.8) is 0 Å². The second kappa shape index (κ2) is 16.3. The summed E-state index contributed by atoms with van der Waals surface area (Å²) in [5.74, 6) is 0. The Morgan fingerprint density at radius 1 is 0.300 bits per heavy atom. The second-order valence-electron chi connectivity index (χ2n) is 9.83. The van der Waals surface area contributed by atoms with Gasteiger partial charge >= 0.3 is 0 Å². The van der Waals surface area contributed by atoms with Crippen LogP contribution in [0.2, 0.25) is 0 Å². The van der Waals surface area contributed by atoms with Crippen LogP contribution in [0.5, 0.6) is 0 Å². The highest BCUT2D eigenvalue weighted by Gasteiger charge is 2.08. The minimum atomic E-state index is 1.29. The van der Waals surface area contributed by atoms with E-state index in [-0.39, 0.29) is 0 Å². The predicted molar refractivity (Wildman–Crippen MR) is 180 cm³/mol. The van der Waals surface area contributed by atoms with Crippen molar-refractivity contribution in [2.45, 2.75) is 69.2 Å². The summed E-state index contributed by atoms with van der Waals surface area (Å²) in [6.45, 7) is 21.0. The van der Waals surface area contributed by atoms with E-state index in [1.165, 1.54) is 66.8 Å². The lowest BCUT2D eigenvalue weighted by Crippen LogP contribution is -1.90. The van der Waals surface area contributed by atoms with Crippen molar-refractivity contribution in [3.05, 3.63) is 143 Å². The fourth-order valence-corrected chi connectivity index (χ4v) is 4.68. The van der Waals surface area contributed by atoms with Crippen molar-refractivity contribution in [2.75, 3.05) is 0 Å². The van der Waals surface area contributed by atoms with Gasteiger partial charge in [-0.1, -0.05) is 142 Å². The van der Waals surface area contributed by atoms with Crippen molar-refractivity contribution in [2.24, 2.45) is 0 Å². The molecule has 0 N–H and O–H groups in total. The van der Waals surface area contributed by atoms with E-state index < -0.39 is 0 Å². The normalized spacial score (nSPS) is 9.75. The Morgan fingerprint density at radius 2 is 0.600 bits per heavy atom. The molecule has 0 radical (unpaired) electrons. The van der Waals surface area contributed by atoms with Gasteiger partial charge in [-0.15, -0.1) is 0 Å². The zero-order chi connectivity index (χ0) is 29.7. The first-order chi connectivity index (χ1) is 19.3. The molecule has 0 aromatic heterocycles. The summed E-state index contributed by atoms with van der Waals surface area (Å²) in [4.78, 5) is 0. The highest BCUT2D eigenvalue weighted by Crippen LogP contribution is 2.32. The van der Waals surface area contributed by atoms with Gasteiger partial charge in [-0.3, -0.25) is 0 Å². The maximum Gasteiger partial charge on any atom is -0.0152 e. The van der Waals surface area contributed by atoms with Crippen molar-refractivity contribution < 1.29 is 0 Å². The summed E-state index contributed by atoms with van der Waals surface area (Å²) in [7, 11) is 0. The topological polar surface area (TPSA) is 0 Å². The summed E-state index contributed by atoms with van der Waals surface area (Å²) in [5, 5.41) is 0. The Kier molecular flexibility index (Phi) is 13.1. The van der Waals surface area contributed by atoms with Gasteiger partial charge in [0.2, 0.25) is 0 Å². The standard InChI is InChI=1S/C21H20.C15H16.2C2H6/c1-15-9-11-19(12-10-15)21-14-16(2)20(13-17(21)3)18-7-5-4-6-8-18;1-11-9-13(3)15(10-12(11)2)14-7-5-4-6-8-14;2*1-2/h4-14H,1-3H3;4-10H,1-3H3;2*1-2H3. The van der Waals surface area contributed by atoms with Gasteiger partial charge in [-0.2, -0.15) is 0 Å². The van der Waals surface area contributed by atoms with Crippen LogP contribution >= 0.6 is 0 Å². The van der Waals surface area contributed by atoms with Gasteiger partial charge in [-0.05, 0) is 103 Å². The fourth-order valence-electron chi connectivity index (χ4n) is 4.68. The Balaban J connectivity index is 0.000000260. The number of rotatable bonds is 3. The molecule has 0 heteroatoms. The molecule has 208 valence electrons. The van der Waals surface area contributed by atoms with E-state index in [0.29, 0.717) is 0 Å². The molecule has 0 amide bonds. The molecule has 0 saturated carbocycles. The van der Waals surface area contributed by atoms with Crippen LogP contribution in [0.3, 0.4) is 0 Å². The van der Waals surface area contributed by atoms with Crippen LogP contribution in [-0.2, 0) is 0 Å². The highest BCUT2D eigenvalue weighted by molar-refractivity contribution is 5.76. The number of hydrogen-bond acceptors (Lipinski definition) is 0. The molecule has 0 nitrogen and oxygen atoms in total. The quantitative estimate of drug-likeness (QED) is 0.218. The maximum absolute atomic E-state index is 2.31. The lowest BCUT2D eigenvalue weighted by atomic mass is 9.92. The minimum Gasteiger partial charge on any atom is -0.0683 e. The van der Waals surface area contributed by atoms with Gasteiger partial charge in [0.25, 0.3) is 0 Å². The molecular weight excluding hydrogens is 480 g/mol. The van der Waals surface area contributed by atoms with E-state index in [1.54, 1.807) is 0 Å². The van der Waals surface area contributed by atoms with Crippen LogP contribution in [0.15, 0.2) is 109 Å². The van der Waals surface area contributed by atoms with Crippen LogP contribution in [0.4, 0.5) is 0 Å². The molecule has 0 fully saturated rings. The van der Waals surface area contributed by atoms with E-state index in [1.807, 2.05) is 27.7 Å². The zero-order valence-corrected chi connectivity index (χ0v) is 26.4. The predicted octanol–water partition coefficient (Wildman–Crippen LogP) is 12.3. The average molecular weight is 529 g/mol. The molecule has 0 aliphatic heterocycles. The SMILES string of the molecule is CC.CC.Cc1cc(C)c(-c2ccccc2)cc1C.Cc1ccc(-c2cc(C)c(-c3ccccc3)cc2C)cc1. The molecule has 0 aliphatic rings. The summed E-state index contributed by atoms with van der Waals surface area (Å²) in [5.41, 5.74) is 15.9. The first kappa shape index (κ1) is 32.3. The van der Waals surface area contributed by atoms with Gasteiger partial charge in [0.15, 0.2) is 0 Å². The summed E-state index contributed by atoms with van der Waals surface area (Å²) in [6, 6.07) is 39.1. The molecule has 5 aromatic rings. The average Bonchev–Trinajstić information content (AvgIpc) is 3.00. The molecule has 0 heterocycles. The van der Waals surface area contributed by atoms with Crippen LogP contribution in [0.25, 0.3) is 33.4 Å². The first-order valence-electron chi connectivity index (χ1n) is 14.7. The van der Waals surface area contributed by atoms with E-state index in [9.17, 15) is 0 Å². The Bertz CT molecular complexity index is 1440. The third-order valence-electron chi connectivity index (χ3n) is 6.94. The van der Waals surface area contributed by atoms with Crippen molar-refractivity contribution in [1.82, 2.24) is 0 Å². The van der Waals surface area contributed by atoms with Gasteiger partial charge in [0.05, 0.1) is 0 Å². The summed E-state index contributed by atoms with van der Waals surface area (Å²) in [6.07, 6.45) is 0. The zero-order valence-electron chi connectivity index (χ0n) is 26.4. The number of hydrogen-bond donors (Lipinski definition) is 0. The van der Waals surface area contributed by atoms with E-state index in [2.05, 4.69) is 151 Å². The molecule has 0 bridgehead atoms. The first-order valence-corrected chi connectivity index (χ1v) is 14.7. The van der Waals surface area contributed by atoms with Crippen molar-refractivity contribution >= 4 is 0 Å². The number of benzene rings is 5. The molecular formula is C40H48. The lowest BCUT2D eigenvalue weighted by molar-refractivity contribution is 1.30. The smallest absolute Gasteiger partial charge is 0.0152 e. The molecule has 0 atom stereocenters. The van der Waals surface area contributed by atoms with Crippen LogP contribution < -0.4 is 0 Å². The van der Waals surface area contributed by atoms with Gasteiger partial charge in [0.1, 0.15) is 0 Å². The fraction of sp³-hybridized carbons (Fsp3) is 0.250. The van der Waals surface area contributed by atoms with Crippen LogP contribution in [0.1, 0.15) is 61.1 Å². The van der Waals surface area contributed by atoms with Crippen molar-refractivity contribution in [3.8, 4) is 33.4 Å². The van der Waals surface area contributed by atoms with Crippen molar-refractivity contribution in [1.29, 1.82) is 0 Å². The lowest BCUT2D eigenvalue weighted by Gasteiger charge is -2.13. The summed E-state index contributed by atoms with van der Waals surface area (Å²) < 4.78 is 0. The minimum absolute atomic E-state index is 1.29. The second-order valence-corrected chi connectivity index (χ2v) is 9.83. The third-order valence-corrected chi connectivity index (χ3v) is 6.94. The Morgan fingerprint density at radius 3 is 1.00 bits per heavy atom. The molecule has 5 aromatic carbocycles. The third kappa shape index (κ3) is 8.55. The van der Waals surface area contributed by atoms with E-state index in [0.717, 1.165) is 0 Å². The molecule has 40 heavy (non-hydrogen) atoms. The molecule has 0 aliphatic carbocycles.